The maximum absolute atomic E-state index is 13.0. The van der Waals surface area contributed by atoms with Gasteiger partial charge in [0.2, 0.25) is 0 Å². The molecule has 0 aromatic heterocycles. The molecule has 0 atom stereocenters. The molecule has 0 radical (unpaired) electrons. The zero-order valence-corrected chi connectivity index (χ0v) is 16.4. The summed E-state index contributed by atoms with van der Waals surface area (Å²) in [6, 6.07) is 13.9. The Balaban J connectivity index is 1.32. The molecular weight excluding hydrogens is 373 g/mol. The average molecular weight is 397 g/mol. The molecule has 1 spiro atoms. The lowest BCUT2D eigenvalue weighted by Gasteiger charge is -2.37. The first kappa shape index (κ1) is 19.4. The molecule has 0 aliphatic carbocycles. The van der Waals surface area contributed by atoms with Crippen molar-refractivity contribution in [1.29, 1.82) is 0 Å². The van der Waals surface area contributed by atoms with Crippen molar-refractivity contribution in [2.24, 2.45) is 0 Å². The van der Waals surface area contributed by atoms with Crippen LogP contribution in [-0.2, 0) is 17.9 Å². The molecule has 2 fully saturated rings. The Hall–Kier alpha value is -2.93. The smallest absolute Gasteiger partial charge is 0.324 e. The van der Waals surface area contributed by atoms with Crippen molar-refractivity contribution >= 4 is 11.9 Å². The van der Waals surface area contributed by atoms with Crippen LogP contribution in [0.1, 0.15) is 24.0 Å². The Morgan fingerprint density at radius 2 is 1.79 bits per heavy atom. The topological polar surface area (TPSA) is 61.9 Å². The molecule has 6 nitrogen and oxygen atoms in total. The third-order valence-electron chi connectivity index (χ3n) is 5.70. The molecule has 2 heterocycles. The molecule has 4 rings (SSSR count). The second-order valence-electron chi connectivity index (χ2n) is 7.72. The molecule has 0 unspecified atom stereocenters. The highest BCUT2D eigenvalue weighted by Crippen LogP contribution is 2.29. The van der Waals surface area contributed by atoms with E-state index in [0.29, 0.717) is 19.4 Å². The SMILES string of the molecule is CN1C(=O)NC2(CCN(Cc3cccc(OCc4ccc(F)cc4)c3)CC2)C1=O. The monoisotopic (exact) mass is 397 g/mol. The normalized spacial score (nSPS) is 18.9. The van der Waals surface area contributed by atoms with E-state index in [2.05, 4.69) is 10.2 Å². The van der Waals surface area contributed by atoms with E-state index in [1.165, 1.54) is 24.1 Å². The molecule has 2 aromatic carbocycles. The standard InChI is InChI=1S/C22H24FN3O3/c1-25-20(27)22(24-21(25)28)9-11-26(12-10-22)14-17-3-2-4-19(13-17)29-15-16-5-7-18(23)8-6-16/h2-8,13H,9-12,14-15H2,1H3,(H,24,28). The third-order valence-corrected chi connectivity index (χ3v) is 5.70. The van der Waals surface area contributed by atoms with Crippen LogP contribution in [0.2, 0.25) is 0 Å². The fraction of sp³-hybridized carbons (Fsp3) is 0.364. The van der Waals surface area contributed by atoms with Gasteiger partial charge >= 0.3 is 6.03 Å². The number of rotatable bonds is 5. The molecule has 2 aliphatic rings. The lowest BCUT2D eigenvalue weighted by Crippen LogP contribution is -2.54. The molecule has 0 bridgehead atoms. The summed E-state index contributed by atoms with van der Waals surface area (Å²) >= 11 is 0. The number of benzene rings is 2. The van der Waals surface area contributed by atoms with Gasteiger partial charge in [0.25, 0.3) is 5.91 Å². The van der Waals surface area contributed by atoms with Crippen molar-refractivity contribution < 1.29 is 18.7 Å². The van der Waals surface area contributed by atoms with E-state index in [1.54, 1.807) is 12.1 Å². The van der Waals surface area contributed by atoms with Gasteiger partial charge in [-0.3, -0.25) is 14.6 Å². The maximum Gasteiger partial charge on any atom is 0.324 e. The van der Waals surface area contributed by atoms with Gasteiger partial charge < -0.3 is 10.1 Å². The quantitative estimate of drug-likeness (QED) is 0.788. The number of imide groups is 1. The second-order valence-corrected chi connectivity index (χ2v) is 7.72. The summed E-state index contributed by atoms with van der Waals surface area (Å²) in [5.41, 5.74) is 1.30. The van der Waals surface area contributed by atoms with Crippen LogP contribution in [-0.4, -0.2) is 47.4 Å². The molecule has 2 aliphatic heterocycles. The molecule has 2 saturated heterocycles. The number of ether oxygens (including phenoxy) is 1. The number of hydrogen-bond acceptors (Lipinski definition) is 4. The van der Waals surface area contributed by atoms with E-state index in [4.69, 9.17) is 4.74 Å². The Labute approximate surface area is 169 Å². The van der Waals surface area contributed by atoms with Crippen LogP contribution >= 0.6 is 0 Å². The summed E-state index contributed by atoms with van der Waals surface area (Å²) in [7, 11) is 1.52. The summed E-state index contributed by atoms with van der Waals surface area (Å²) in [5.74, 6) is 0.378. The molecule has 0 saturated carbocycles. The molecular formula is C22H24FN3O3. The zero-order valence-electron chi connectivity index (χ0n) is 16.4. The van der Waals surface area contributed by atoms with E-state index < -0.39 is 5.54 Å². The summed E-state index contributed by atoms with van der Waals surface area (Å²) in [6.45, 7) is 2.61. The minimum Gasteiger partial charge on any atom is -0.489 e. The number of hydrogen-bond donors (Lipinski definition) is 1. The molecule has 2 aromatic rings. The van der Waals surface area contributed by atoms with Gasteiger partial charge in [-0.05, 0) is 48.2 Å². The van der Waals surface area contributed by atoms with Crippen LogP contribution in [0.3, 0.4) is 0 Å². The number of urea groups is 1. The highest BCUT2D eigenvalue weighted by molar-refractivity contribution is 6.06. The molecule has 152 valence electrons. The highest BCUT2D eigenvalue weighted by atomic mass is 19.1. The fourth-order valence-corrected chi connectivity index (χ4v) is 3.93. The van der Waals surface area contributed by atoms with E-state index >= 15 is 0 Å². The van der Waals surface area contributed by atoms with Gasteiger partial charge in [0.1, 0.15) is 23.7 Å². The fourth-order valence-electron chi connectivity index (χ4n) is 3.93. The van der Waals surface area contributed by atoms with Gasteiger partial charge in [-0.1, -0.05) is 24.3 Å². The van der Waals surface area contributed by atoms with E-state index in [9.17, 15) is 14.0 Å². The Morgan fingerprint density at radius 3 is 2.45 bits per heavy atom. The van der Waals surface area contributed by atoms with Gasteiger partial charge in [0.05, 0.1) is 0 Å². The minimum absolute atomic E-state index is 0.127. The van der Waals surface area contributed by atoms with Crippen molar-refractivity contribution in [3.05, 3.63) is 65.5 Å². The number of nitrogens with one attached hydrogen (secondary N) is 1. The second kappa shape index (κ2) is 7.83. The van der Waals surface area contributed by atoms with Crippen molar-refractivity contribution in [3.63, 3.8) is 0 Å². The lowest BCUT2D eigenvalue weighted by atomic mass is 9.87. The van der Waals surface area contributed by atoms with E-state index in [1.807, 2.05) is 24.3 Å². The Morgan fingerprint density at radius 1 is 1.07 bits per heavy atom. The molecule has 7 heteroatoms. The number of halogens is 1. The van der Waals surface area contributed by atoms with Crippen LogP contribution in [0.25, 0.3) is 0 Å². The largest absolute Gasteiger partial charge is 0.489 e. The van der Waals surface area contributed by atoms with E-state index in [-0.39, 0.29) is 17.8 Å². The van der Waals surface area contributed by atoms with Gasteiger partial charge in [-0.15, -0.1) is 0 Å². The van der Waals surface area contributed by atoms with Crippen LogP contribution in [0.5, 0.6) is 5.75 Å². The molecule has 3 amide bonds. The number of amides is 3. The summed E-state index contributed by atoms with van der Waals surface area (Å²) in [4.78, 5) is 27.7. The summed E-state index contributed by atoms with van der Waals surface area (Å²) in [5, 5.41) is 2.87. The lowest BCUT2D eigenvalue weighted by molar-refractivity contribution is -0.132. The highest BCUT2D eigenvalue weighted by Gasteiger charge is 2.50. The first-order valence-corrected chi connectivity index (χ1v) is 9.74. The Kier molecular flexibility index (Phi) is 5.24. The molecule has 1 N–H and O–H groups in total. The van der Waals surface area contributed by atoms with Crippen molar-refractivity contribution in [3.8, 4) is 5.75 Å². The predicted molar refractivity (Wildman–Crippen MR) is 106 cm³/mol. The first-order valence-electron chi connectivity index (χ1n) is 9.74. The van der Waals surface area contributed by atoms with Crippen LogP contribution < -0.4 is 10.1 Å². The van der Waals surface area contributed by atoms with Gasteiger partial charge in [0.15, 0.2) is 0 Å². The Bertz CT molecular complexity index is 908. The predicted octanol–water partition coefficient (Wildman–Crippen LogP) is 2.92. The van der Waals surface area contributed by atoms with E-state index in [0.717, 1.165) is 36.5 Å². The third kappa shape index (κ3) is 4.10. The summed E-state index contributed by atoms with van der Waals surface area (Å²) in [6.07, 6.45) is 1.23. The molecule has 29 heavy (non-hydrogen) atoms. The maximum atomic E-state index is 13.0. The van der Waals surface area contributed by atoms with Crippen LogP contribution in [0.15, 0.2) is 48.5 Å². The van der Waals surface area contributed by atoms with Gasteiger partial charge in [0, 0.05) is 26.7 Å². The van der Waals surface area contributed by atoms with Crippen LogP contribution in [0, 0.1) is 5.82 Å². The van der Waals surface area contributed by atoms with Gasteiger partial charge in [-0.25, -0.2) is 9.18 Å². The number of carbonyl (C=O) groups excluding carboxylic acids is 2. The number of piperidine rings is 1. The zero-order chi connectivity index (χ0) is 20.4. The average Bonchev–Trinajstić information content (AvgIpc) is 2.93. The number of likely N-dealkylation sites (N-methyl/N-ethyl adjacent to an activating group) is 1. The number of carbonyl (C=O) groups is 2. The van der Waals surface area contributed by atoms with Gasteiger partial charge in [-0.2, -0.15) is 0 Å². The van der Waals surface area contributed by atoms with Crippen LogP contribution in [0.4, 0.5) is 9.18 Å². The van der Waals surface area contributed by atoms with Crippen molar-refractivity contribution in [2.75, 3.05) is 20.1 Å². The number of nitrogens with zero attached hydrogens (tertiary/aromatic N) is 2. The van der Waals surface area contributed by atoms with Crippen molar-refractivity contribution in [1.82, 2.24) is 15.1 Å². The summed E-state index contributed by atoms with van der Waals surface area (Å²) < 4.78 is 18.8. The number of likely N-dealkylation sites (tertiary alicyclic amines) is 1. The van der Waals surface area contributed by atoms with Crippen molar-refractivity contribution in [2.45, 2.75) is 31.5 Å². The first-order chi connectivity index (χ1) is 13.9. The minimum atomic E-state index is -0.734.